The molecule has 1 saturated heterocycles. The highest BCUT2D eigenvalue weighted by atomic mass is 19.1. The second kappa shape index (κ2) is 16.4. The van der Waals surface area contributed by atoms with Crippen LogP contribution in [0.5, 0.6) is 5.75 Å². The van der Waals surface area contributed by atoms with Gasteiger partial charge in [-0.1, -0.05) is 54.6 Å². The molecular formula is C36H35F4NO6. The summed E-state index contributed by atoms with van der Waals surface area (Å²) in [6, 6.07) is 23.3. The number of rotatable bonds is 14. The van der Waals surface area contributed by atoms with Crippen LogP contribution in [0.25, 0.3) is 0 Å². The lowest BCUT2D eigenvalue weighted by atomic mass is 9.84. The lowest BCUT2D eigenvalue weighted by Crippen LogP contribution is -2.54. The second-order valence-electron chi connectivity index (χ2n) is 11.2. The largest absolute Gasteiger partial charge is 0.494 e. The summed E-state index contributed by atoms with van der Waals surface area (Å²) in [4.78, 5) is 13.2. The number of halogens is 4. The number of carbonyl (C=O) groups is 1. The van der Waals surface area contributed by atoms with E-state index in [0.29, 0.717) is 32.0 Å². The maximum absolute atomic E-state index is 14.4. The number of hydrogen-bond donors (Lipinski definition) is 1. The van der Waals surface area contributed by atoms with E-state index in [4.69, 9.17) is 18.9 Å². The van der Waals surface area contributed by atoms with Crippen molar-refractivity contribution < 1.29 is 46.4 Å². The number of likely N-dealkylation sites (tertiary alicyclic amines) is 1. The third-order valence-corrected chi connectivity index (χ3v) is 7.89. The zero-order valence-electron chi connectivity index (χ0n) is 25.5. The molecule has 1 amide bonds. The lowest BCUT2D eigenvalue weighted by Gasteiger charge is -2.42. The van der Waals surface area contributed by atoms with Gasteiger partial charge in [-0.2, -0.15) is 0 Å². The topological polar surface area (TPSA) is 77.5 Å². The summed E-state index contributed by atoms with van der Waals surface area (Å²) in [5.74, 6) is -3.02. The Kier molecular flexibility index (Phi) is 11.8. The first kappa shape index (κ1) is 33.9. The van der Waals surface area contributed by atoms with Crippen LogP contribution in [0.1, 0.15) is 34.6 Å². The lowest BCUT2D eigenvalue weighted by molar-refractivity contribution is -0.0944. The molecule has 7 nitrogen and oxygen atoms in total. The molecule has 1 aliphatic heterocycles. The fourth-order valence-corrected chi connectivity index (χ4v) is 5.45. The third-order valence-electron chi connectivity index (χ3n) is 7.89. The summed E-state index contributed by atoms with van der Waals surface area (Å²) in [5, 5.41) is 9.87. The molecule has 1 fully saturated rings. The Hall–Kier alpha value is -4.45. The number of ether oxygens (including phenoxy) is 4. The van der Waals surface area contributed by atoms with Gasteiger partial charge in [0.25, 0.3) is 0 Å². The van der Waals surface area contributed by atoms with E-state index in [1.807, 2.05) is 42.5 Å². The van der Waals surface area contributed by atoms with E-state index in [1.165, 1.54) is 12.1 Å². The van der Waals surface area contributed by atoms with Crippen LogP contribution in [0.4, 0.5) is 22.4 Å². The van der Waals surface area contributed by atoms with Crippen molar-refractivity contribution in [3.63, 3.8) is 0 Å². The summed E-state index contributed by atoms with van der Waals surface area (Å²) in [5.41, 5.74) is 2.01. The molecule has 1 aliphatic rings. The van der Waals surface area contributed by atoms with E-state index in [0.717, 1.165) is 40.3 Å². The Morgan fingerprint density at radius 3 is 1.83 bits per heavy atom. The van der Waals surface area contributed by atoms with Crippen molar-refractivity contribution in [2.75, 3.05) is 26.3 Å². The fourth-order valence-electron chi connectivity index (χ4n) is 5.45. The molecule has 1 heterocycles. The smallest absolute Gasteiger partial charge is 0.407 e. The highest BCUT2D eigenvalue weighted by Crippen LogP contribution is 2.35. The molecule has 0 radical (unpaired) electrons. The van der Waals surface area contributed by atoms with Gasteiger partial charge in [0, 0.05) is 35.6 Å². The Labute approximate surface area is 270 Å². The van der Waals surface area contributed by atoms with Gasteiger partial charge in [0.1, 0.15) is 29.0 Å². The minimum absolute atomic E-state index is 0.0607. The molecule has 4 aromatic rings. The predicted octanol–water partition coefficient (Wildman–Crippen LogP) is 7.48. The molecule has 0 aromatic heterocycles. The van der Waals surface area contributed by atoms with E-state index >= 15 is 0 Å². The van der Waals surface area contributed by atoms with Crippen LogP contribution in [0.15, 0.2) is 91.0 Å². The number of benzene rings is 4. The first-order chi connectivity index (χ1) is 22.8. The average molecular weight is 654 g/mol. The molecule has 0 aliphatic carbocycles. The molecule has 11 heteroatoms. The van der Waals surface area contributed by atoms with Crippen molar-refractivity contribution in [1.29, 1.82) is 0 Å². The van der Waals surface area contributed by atoms with E-state index < -0.39 is 47.5 Å². The van der Waals surface area contributed by atoms with Gasteiger partial charge >= 0.3 is 6.09 Å². The number of carboxylic acid groups (broad SMARTS) is 1. The van der Waals surface area contributed by atoms with Crippen molar-refractivity contribution >= 4 is 6.09 Å². The minimum Gasteiger partial charge on any atom is -0.494 e. The highest BCUT2D eigenvalue weighted by molar-refractivity contribution is 5.65. The SMILES string of the molecule is O=C(O)N1C[C@H](OCc2ccc(F)cc2F)C(c2ccc(OCCCOCc3ccccc3)cc2)[C@H](OCc2ccc(F)cc2F)C1. The number of amides is 1. The Morgan fingerprint density at radius 1 is 0.723 bits per heavy atom. The summed E-state index contributed by atoms with van der Waals surface area (Å²) >= 11 is 0. The molecule has 5 rings (SSSR count). The van der Waals surface area contributed by atoms with Crippen LogP contribution < -0.4 is 4.74 Å². The summed E-state index contributed by atoms with van der Waals surface area (Å²) in [6.45, 7) is 0.834. The molecular weight excluding hydrogens is 618 g/mol. The van der Waals surface area contributed by atoms with Gasteiger partial charge in [0.2, 0.25) is 0 Å². The first-order valence-corrected chi connectivity index (χ1v) is 15.2. The summed E-state index contributed by atoms with van der Waals surface area (Å²) < 4.78 is 79.7. The Balaban J connectivity index is 1.29. The third kappa shape index (κ3) is 9.54. The molecule has 1 N–H and O–H groups in total. The fraction of sp³-hybridized carbons (Fsp3) is 0.306. The summed E-state index contributed by atoms with van der Waals surface area (Å²) in [7, 11) is 0. The van der Waals surface area contributed by atoms with Crippen LogP contribution >= 0.6 is 0 Å². The zero-order valence-corrected chi connectivity index (χ0v) is 25.5. The van der Waals surface area contributed by atoms with Crippen LogP contribution in [0, 0.1) is 23.3 Å². The molecule has 0 saturated carbocycles. The quantitative estimate of drug-likeness (QED) is 0.112. The van der Waals surface area contributed by atoms with Crippen molar-refractivity contribution in [2.45, 2.75) is 44.4 Å². The van der Waals surface area contributed by atoms with E-state index in [1.54, 1.807) is 12.1 Å². The number of nitrogens with zero attached hydrogens (tertiary/aromatic N) is 1. The van der Waals surface area contributed by atoms with Gasteiger partial charge in [-0.3, -0.25) is 0 Å². The monoisotopic (exact) mass is 653 g/mol. The van der Waals surface area contributed by atoms with Gasteiger partial charge in [0.15, 0.2) is 0 Å². The van der Waals surface area contributed by atoms with E-state index in [9.17, 15) is 27.5 Å². The van der Waals surface area contributed by atoms with Gasteiger partial charge in [-0.05, 0) is 35.4 Å². The predicted molar refractivity (Wildman–Crippen MR) is 165 cm³/mol. The van der Waals surface area contributed by atoms with E-state index in [-0.39, 0.29) is 37.4 Å². The standard InChI is InChI=1S/C36H35F4NO6/c37-28-11-7-26(31(39)17-28)22-46-33-19-41(36(42)43)20-34(47-23-27-8-12-29(38)18-32(27)40)35(33)25-9-13-30(14-10-25)45-16-4-15-44-21-24-5-2-1-3-6-24/h1-3,5-14,17-18,33-35H,4,15-16,19-23H2,(H,42,43)/t33-,34+,35?. The van der Waals surface area contributed by atoms with Gasteiger partial charge in [-0.15, -0.1) is 0 Å². The van der Waals surface area contributed by atoms with Crippen LogP contribution in [-0.4, -0.2) is 54.6 Å². The minimum atomic E-state index is -1.22. The van der Waals surface area contributed by atoms with Gasteiger partial charge < -0.3 is 29.0 Å². The van der Waals surface area contributed by atoms with Crippen LogP contribution in [0.2, 0.25) is 0 Å². The highest BCUT2D eigenvalue weighted by Gasteiger charge is 2.41. The number of piperidine rings is 1. The normalized spacial score (nSPS) is 17.9. The molecule has 4 aromatic carbocycles. The summed E-state index contributed by atoms with van der Waals surface area (Å²) in [6.07, 6.45) is -2.18. The van der Waals surface area contributed by atoms with Crippen molar-refractivity contribution in [1.82, 2.24) is 4.90 Å². The second-order valence-corrected chi connectivity index (χ2v) is 11.2. The van der Waals surface area contributed by atoms with Crippen molar-refractivity contribution in [2.24, 2.45) is 0 Å². The number of hydrogen-bond acceptors (Lipinski definition) is 5. The molecule has 0 spiro atoms. The van der Waals surface area contributed by atoms with Gasteiger partial charge in [-0.25, -0.2) is 22.4 Å². The molecule has 1 unspecified atom stereocenters. The Bertz CT molecular complexity index is 1540. The van der Waals surface area contributed by atoms with Crippen molar-refractivity contribution in [3.8, 4) is 5.75 Å². The molecule has 0 bridgehead atoms. The van der Waals surface area contributed by atoms with Crippen molar-refractivity contribution in [3.05, 3.63) is 137 Å². The first-order valence-electron chi connectivity index (χ1n) is 15.2. The molecule has 47 heavy (non-hydrogen) atoms. The van der Waals surface area contributed by atoms with Crippen LogP contribution in [-0.2, 0) is 34.0 Å². The molecule has 248 valence electrons. The average Bonchev–Trinajstić information content (AvgIpc) is 3.06. The Morgan fingerprint density at radius 2 is 1.30 bits per heavy atom. The van der Waals surface area contributed by atoms with Gasteiger partial charge in [0.05, 0.1) is 58.3 Å². The maximum atomic E-state index is 14.4. The molecule has 3 atom stereocenters. The van der Waals surface area contributed by atoms with Crippen LogP contribution in [0.3, 0.4) is 0 Å². The maximum Gasteiger partial charge on any atom is 0.407 e. The zero-order chi connectivity index (χ0) is 33.2. The van der Waals surface area contributed by atoms with E-state index in [2.05, 4.69) is 0 Å².